The van der Waals surface area contributed by atoms with Gasteiger partial charge in [-0.15, -0.1) is 0 Å². The van der Waals surface area contributed by atoms with Crippen LogP contribution in [-0.4, -0.2) is 22.6 Å². The number of halogens is 2. The number of ether oxygens (including phenoxy) is 1. The van der Waals surface area contributed by atoms with Crippen molar-refractivity contribution in [2.24, 2.45) is 10.9 Å². The van der Waals surface area contributed by atoms with Crippen LogP contribution in [0.4, 0.5) is 5.69 Å². The third-order valence-electron chi connectivity index (χ3n) is 2.40. The van der Waals surface area contributed by atoms with Gasteiger partial charge in [-0.3, -0.25) is 10.1 Å². The summed E-state index contributed by atoms with van der Waals surface area (Å²) in [5.74, 6) is 0.360. The van der Waals surface area contributed by atoms with E-state index in [0.29, 0.717) is 25.9 Å². The number of rotatable bonds is 7. The van der Waals surface area contributed by atoms with Gasteiger partial charge in [0.05, 0.1) is 21.6 Å². The maximum absolute atomic E-state index is 10.6. The van der Waals surface area contributed by atoms with E-state index >= 15 is 0 Å². The number of benzene rings is 1. The number of amidine groups is 1. The number of non-ortho nitro benzene ring substituents is 1. The van der Waals surface area contributed by atoms with Gasteiger partial charge in [-0.1, -0.05) is 28.4 Å². The van der Waals surface area contributed by atoms with Crippen molar-refractivity contribution >= 4 is 34.7 Å². The molecule has 0 atom stereocenters. The maximum Gasteiger partial charge on any atom is 0.272 e. The molecule has 0 aliphatic carbocycles. The lowest BCUT2D eigenvalue weighted by atomic mass is 10.2. The van der Waals surface area contributed by atoms with Gasteiger partial charge in [-0.2, -0.15) is 0 Å². The molecule has 0 spiro atoms. The van der Waals surface area contributed by atoms with Crippen molar-refractivity contribution in [2.45, 2.75) is 19.3 Å². The summed E-state index contributed by atoms with van der Waals surface area (Å²) in [6, 6.07) is 2.36. The molecule has 0 aliphatic heterocycles. The second kappa shape index (κ2) is 7.76. The zero-order chi connectivity index (χ0) is 15.1. The Kier molecular flexibility index (Phi) is 6.33. The molecule has 0 radical (unpaired) electrons. The Bertz CT molecular complexity index is 499. The third kappa shape index (κ3) is 4.75. The maximum atomic E-state index is 10.6. The van der Waals surface area contributed by atoms with Crippen LogP contribution in [0.25, 0.3) is 0 Å². The van der Waals surface area contributed by atoms with Crippen molar-refractivity contribution in [2.75, 3.05) is 6.61 Å². The van der Waals surface area contributed by atoms with E-state index < -0.39 is 4.92 Å². The van der Waals surface area contributed by atoms with Gasteiger partial charge in [0.1, 0.15) is 5.84 Å². The number of oxime groups is 1. The van der Waals surface area contributed by atoms with Gasteiger partial charge < -0.3 is 15.7 Å². The molecule has 0 saturated carbocycles. The highest BCUT2D eigenvalue weighted by Crippen LogP contribution is 2.36. The van der Waals surface area contributed by atoms with Gasteiger partial charge >= 0.3 is 0 Å². The number of nitrogens with zero attached hydrogens (tertiary/aromatic N) is 2. The van der Waals surface area contributed by atoms with Gasteiger partial charge in [-0.05, 0) is 12.8 Å². The summed E-state index contributed by atoms with van der Waals surface area (Å²) in [4.78, 5) is 10.0. The first-order chi connectivity index (χ1) is 9.45. The molecule has 0 heterocycles. The predicted molar refractivity (Wildman–Crippen MR) is 75.9 cm³/mol. The third-order valence-corrected chi connectivity index (χ3v) is 2.96. The summed E-state index contributed by atoms with van der Waals surface area (Å²) < 4.78 is 5.39. The Balaban J connectivity index is 2.54. The highest BCUT2D eigenvalue weighted by Gasteiger charge is 2.15. The summed E-state index contributed by atoms with van der Waals surface area (Å²) in [5, 5.41) is 22.0. The van der Waals surface area contributed by atoms with Crippen molar-refractivity contribution in [3.63, 3.8) is 0 Å². The van der Waals surface area contributed by atoms with E-state index in [4.69, 9.17) is 38.9 Å². The van der Waals surface area contributed by atoms with Crippen molar-refractivity contribution in [1.82, 2.24) is 0 Å². The molecule has 0 fully saturated rings. The minimum absolute atomic E-state index is 0.0839. The normalized spacial score (nSPS) is 11.4. The second-order valence-electron chi connectivity index (χ2n) is 3.89. The number of hydrogen-bond acceptors (Lipinski definition) is 5. The molecule has 0 aliphatic rings. The van der Waals surface area contributed by atoms with Crippen molar-refractivity contribution < 1.29 is 14.9 Å². The van der Waals surface area contributed by atoms with Crippen LogP contribution in [0.3, 0.4) is 0 Å². The Morgan fingerprint density at radius 1 is 1.40 bits per heavy atom. The Labute approximate surface area is 125 Å². The number of hydrogen-bond donors (Lipinski definition) is 2. The quantitative estimate of drug-likeness (QED) is 0.200. The molecular formula is C11H13Cl2N3O4. The Morgan fingerprint density at radius 3 is 2.50 bits per heavy atom. The smallest absolute Gasteiger partial charge is 0.272 e. The molecule has 0 bridgehead atoms. The van der Waals surface area contributed by atoms with Gasteiger partial charge in [0.15, 0.2) is 5.75 Å². The van der Waals surface area contributed by atoms with Crippen LogP contribution in [0, 0.1) is 10.1 Å². The number of nitro benzene ring substituents is 1. The fraction of sp³-hybridized carbons (Fsp3) is 0.364. The SMILES string of the molecule is NC(CCCCOc1c(Cl)cc([N+](=O)[O-])cc1Cl)=NO. The number of nitrogens with two attached hydrogens (primary N) is 1. The first-order valence-corrected chi connectivity index (χ1v) is 6.44. The summed E-state index contributed by atoms with van der Waals surface area (Å²) in [5.41, 5.74) is 5.12. The monoisotopic (exact) mass is 321 g/mol. The fourth-order valence-corrected chi connectivity index (χ4v) is 2.01. The fourth-order valence-electron chi connectivity index (χ4n) is 1.42. The molecular weight excluding hydrogens is 309 g/mol. The zero-order valence-corrected chi connectivity index (χ0v) is 11.9. The molecule has 20 heavy (non-hydrogen) atoms. The van der Waals surface area contributed by atoms with Crippen LogP contribution in [0.1, 0.15) is 19.3 Å². The molecule has 1 aromatic rings. The van der Waals surface area contributed by atoms with Crippen molar-refractivity contribution in [3.05, 3.63) is 32.3 Å². The van der Waals surface area contributed by atoms with Gasteiger partial charge in [0.2, 0.25) is 0 Å². The minimum Gasteiger partial charge on any atom is -0.490 e. The topological polar surface area (TPSA) is 111 Å². The predicted octanol–water partition coefficient (Wildman–Crippen LogP) is 3.20. The summed E-state index contributed by atoms with van der Waals surface area (Å²) >= 11 is 11.8. The lowest BCUT2D eigenvalue weighted by Gasteiger charge is -2.09. The largest absolute Gasteiger partial charge is 0.490 e. The van der Waals surface area contributed by atoms with Gasteiger partial charge in [0.25, 0.3) is 5.69 Å². The van der Waals surface area contributed by atoms with Gasteiger partial charge in [0, 0.05) is 18.6 Å². The van der Waals surface area contributed by atoms with Crippen LogP contribution in [0.2, 0.25) is 10.0 Å². The Hall–Kier alpha value is -1.73. The van der Waals surface area contributed by atoms with E-state index in [0.717, 1.165) is 0 Å². The first kappa shape index (κ1) is 16.3. The average Bonchev–Trinajstić information content (AvgIpc) is 2.40. The molecule has 0 saturated heterocycles. The first-order valence-electron chi connectivity index (χ1n) is 5.68. The van der Waals surface area contributed by atoms with Crippen LogP contribution in [-0.2, 0) is 0 Å². The Morgan fingerprint density at radius 2 is 2.00 bits per heavy atom. The van der Waals surface area contributed by atoms with E-state index in [1.807, 2.05) is 0 Å². The molecule has 9 heteroatoms. The lowest BCUT2D eigenvalue weighted by Crippen LogP contribution is -2.11. The molecule has 7 nitrogen and oxygen atoms in total. The van der Waals surface area contributed by atoms with Crippen LogP contribution >= 0.6 is 23.2 Å². The van der Waals surface area contributed by atoms with Gasteiger partial charge in [-0.25, -0.2) is 0 Å². The number of nitro groups is 1. The molecule has 110 valence electrons. The summed E-state index contributed by atoms with van der Waals surface area (Å²) in [6.07, 6.45) is 1.75. The molecule has 1 aromatic carbocycles. The zero-order valence-electron chi connectivity index (χ0n) is 10.4. The van der Waals surface area contributed by atoms with E-state index in [-0.39, 0.29) is 27.3 Å². The van der Waals surface area contributed by atoms with E-state index in [9.17, 15) is 10.1 Å². The van der Waals surface area contributed by atoms with E-state index in [1.165, 1.54) is 12.1 Å². The summed E-state index contributed by atoms with van der Waals surface area (Å²) in [7, 11) is 0. The van der Waals surface area contributed by atoms with Crippen LogP contribution < -0.4 is 10.5 Å². The molecule has 1 rings (SSSR count). The van der Waals surface area contributed by atoms with E-state index in [2.05, 4.69) is 5.16 Å². The van der Waals surface area contributed by atoms with E-state index in [1.54, 1.807) is 0 Å². The second-order valence-corrected chi connectivity index (χ2v) is 4.71. The van der Waals surface area contributed by atoms with Crippen LogP contribution in [0.5, 0.6) is 5.75 Å². The van der Waals surface area contributed by atoms with Crippen molar-refractivity contribution in [3.8, 4) is 5.75 Å². The lowest BCUT2D eigenvalue weighted by molar-refractivity contribution is -0.384. The molecule has 0 unspecified atom stereocenters. The average molecular weight is 322 g/mol. The summed E-state index contributed by atoms with van der Waals surface area (Å²) in [6.45, 7) is 0.315. The van der Waals surface area contributed by atoms with Crippen LogP contribution in [0.15, 0.2) is 17.3 Å². The van der Waals surface area contributed by atoms with Crippen molar-refractivity contribution in [1.29, 1.82) is 0 Å². The minimum atomic E-state index is -0.585. The molecule has 0 aromatic heterocycles. The molecule has 3 N–H and O–H groups in total. The standard InChI is InChI=1S/C11H13Cl2N3O4/c12-8-5-7(16(18)19)6-9(13)11(8)20-4-2-1-3-10(14)15-17/h5-6,17H,1-4H2,(H2,14,15). The molecule has 0 amide bonds. The highest BCUT2D eigenvalue weighted by atomic mass is 35.5. The highest BCUT2D eigenvalue weighted by molar-refractivity contribution is 6.37. The number of unbranched alkanes of at least 4 members (excludes halogenated alkanes) is 1.